The molecule has 1 aromatic carbocycles. The predicted molar refractivity (Wildman–Crippen MR) is 88.7 cm³/mol. The maximum absolute atomic E-state index is 12.3. The summed E-state index contributed by atoms with van der Waals surface area (Å²) in [6.45, 7) is 1.91. The molecule has 2 rings (SSSR count). The van der Waals surface area contributed by atoms with Crippen LogP contribution in [-0.4, -0.2) is 35.5 Å². The van der Waals surface area contributed by atoms with Gasteiger partial charge in [-0.2, -0.15) is 4.72 Å². The SMILES string of the molecule is CCCC[C@H](NS(=O)(=O)c1cnc(-c2ccccc2)nc1)C(=O)O. The van der Waals surface area contributed by atoms with Gasteiger partial charge in [0.05, 0.1) is 12.4 Å². The van der Waals surface area contributed by atoms with E-state index < -0.39 is 22.0 Å². The van der Waals surface area contributed by atoms with Crippen LogP contribution < -0.4 is 4.72 Å². The topological polar surface area (TPSA) is 109 Å². The molecule has 0 aliphatic heterocycles. The number of hydrogen-bond donors (Lipinski definition) is 2. The Hall–Kier alpha value is -2.32. The summed E-state index contributed by atoms with van der Waals surface area (Å²) in [5.74, 6) is -0.802. The fourth-order valence-electron chi connectivity index (χ4n) is 2.09. The first kappa shape index (κ1) is 18.0. The molecule has 0 aliphatic rings. The highest BCUT2D eigenvalue weighted by Crippen LogP contribution is 2.15. The molecule has 0 saturated heterocycles. The predicted octanol–water partition coefficient (Wildman–Crippen LogP) is 2.07. The largest absolute Gasteiger partial charge is 0.480 e. The minimum atomic E-state index is -3.99. The highest BCUT2D eigenvalue weighted by Gasteiger charge is 2.25. The van der Waals surface area contributed by atoms with Crippen molar-refractivity contribution < 1.29 is 18.3 Å². The Balaban J connectivity index is 2.18. The van der Waals surface area contributed by atoms with Crippen molar-refractivity contribution in [1.29, 1.82) is 0 Å². The van der Waals surface area contributed by atoms with E-state index in [2.05, 4.69) is 14.7 Å². The summed E-state index contributed by atoms with van der Waals surface area (Å²) >= 11 is 0. The van der Waals surface area contributed by atoms with Crippen molar-refractivity contribution in [2.45, 2.75) is 37.1 Å². The van der Waals surface area contributed by atoms with E-state index in [-0.39, 0.29) is 11.3 Å². The summed E-state index contributed by atoms with van der Waals surface area (Å²) in [7, 11) is -3.99. The molecule has 7 nitrogen and oxygen atoms in total. The number of benzene rings is 1. The third kappa shape index (κ3) is 4.59. The van der Waals surface area contributed by atoms with E-state index in [0.29, 0.717) is 12.2 Å². The molecule has 1 aromatic heterocycles. The van der Waals surface area contributed by atoms with Gasteiger partial charge in [-0.1, -0.05) is 50.1 Å². The molecule has 0 aliphatic carbocycles. The normalized spacial score (nSPS) is 12.7. The summed E-state index contributed by atoms with van der Waals surface area (Å²) in [6.07, 6.45) is 3.98. The smallest absolute Gasteiger partial charge is 0.321 e. The maximum atomic E-state index is 12.3. The Morgan fingerprint density at radius 2 is 1.83 bits per heavy atom. The fourth-order valence-corrected chi connectivity index (χ4v) is 3.20. The van der Waals surface area contributed by atoms with Crippen molar-refractivity contribution in [3.8, 4) is 11.4 Å². The number of nitrogens with one attached hydrogen (secondary N) is 1. The van der Waals surface area contributed by atoms with E-state index in [1.54, 1.807) is 0 Å². The highest BCUT2D eigenvalue weighted by molar-refractivity contribution is 7.89. The molecule has 8 heteroatoms. The molecule has 24 heavy (non-hydrogen) atoms. The molecule has 1 heterocycles. The zero-order valence-corrected chi connectivity index (χ0v) is 14.0. The second-order valence-corrected chi connectivity index (χ2v) is 6.98. The van der Waals surface area contributed by atoms with Gasteiger partial charge in [0.15, 0.2) is 5.82 Å². The Labute approximate surface area is 140 Å². The van der Waals surface area contributed by atoms with Crippen LogP contribution in [0, 0.1) is 0 Å². The average Bonchev–Trinajstić information content (AvgIpc) is 2.59. The number of nitrogens with zero attached hydrogens (tertiary/aromatic N) is 2. The zero-order chi connectivity index (χ0) is 17.6. The van der Waals surface area contributed by atoms with Gasteiger partial charge in [0.25, 0.3) is 0 Å². The van der Waals surface area contributed by atoms with Crippen LogP contribution in [0.25, 0.3) is 11.4 Å². The first-order valence-electron chi connectivity index (χ1n) is 7.56. The zero-order valence-electron chi connectivity index (χ0n) is 13.2. The van der Waals surface area contributed by atoms with E-state index >= 15 is 0 Å². The molecule has 0 saturated carbocycles. The van der Waals surface area contributed by atoms with Crippen LogP contribution >= 0.6 is 0 Å². The van der Waals surface area contributed by atoms with Crippen LogP contribution in [0.1, 0.15) is 26.2 Å². The van der Waals surface area contributed by atoms with Crippen LogP contribution in [0.2, 0.25) is 0 Å². The number of aliphatic carboxylic acids is 1. The van der Waals surface area contributed by atoms with Gasteiger partial charge in [0.2, 0.25) is 10.0 Å². The lowest BCUT2D eigenvalue weighted by molar-refractivity contribution is -0.139. The molecular formula is C16H19N3O4S. The Bertz CT molecular complexity index is 777. The maximum Gasteiger partial charge on any atom is 0.321 e. The summed E-state index contributed by atoms with van der Waals surface area (Å²) < 4.78 is 26.8. The lowest BCUT2D eigenvalue weighted by Crippen LogP contribution is -2.40. The molecular weight excluding hydrogens is 330 g/mol. The van der Waals surface area contributed by atoms with E-state index in [9.17, 15) is 13.2 Å². The number of aromatic nitrogens is 2. The number of hydrogen-bond acceptors (Lipinski definition) is 5. The van der Waals surface area contributed by atoms with Gasteiger partial charge in [-0.15, -0.1) is 0 Å². The molecule has 0 radical (unpaired) electrons. The third-order valence-corrected chi connectivity index (χ3v) is 4.84. The van der Waals surface area contributed by atoms with Crippen molar-refractivity contribution in [2.24, 2.45) is 0 Å². The molecule has 128 valence electrons. The second kappa shape index (κ2) is 7.98. The number of sulfonamides is 1. The monoisotopic (exact) mass is 349 g/mol. The lowest BCUT2D eigenvalue weighted by Gasteiger charge is -2.14. The van der Waals surface area contributed by atoms with Crippen LogP contribution in [-0.2, 0) is 14.8 Å². The first-order chi connectivity index (χ1) is 11.4. The molecule has 0 unspecified atom stereocenters. The van der Waals surface area contributed by atoms with Crippen LogP contribution in [0.5, 0.6) is 0 Å². The van der Waals surface area contributed by atoms with E-state index in [1.165, 1.54) is 12.4 Å². The molecule has 0 bridgehead atoms. The Morgan fingerprint density at radius 1 is 1.21 bits per heavy atom. The van der Waals surface area contributed by atoms with Gasteiger partial charge in [-0.25, -0.2) is 18.4 Å². The molecule has 0 spiro atoms. The van der Waals surface area contributed by atoms with Gasteiger partial charge < -0.3 is 5.11 Å². The van der Waals surface area contributed by atoms with Crippen molar-refractivity contribution in [3.63, 3.8) is 0 Å². The summed E-state index contributed by atoms with van der Waals surface area (Å²) in [5, 5.41) is 9.14. The summed E-state index contributed by atoms with van der Waals surface area (Å²) in [5.41, 5.74) is 0.765. The number of rotatable bonds is 8. The Kier molecular flexibility index (Phi) is 5.99. The minimum Gasteiger partial charge on any atom is -0.480 e. The minimum absolute atomic E-state index is 0.162. The fraction of sp³-hybridized carbons (Fsp3) is 0.312. The van der Waals surface area contributed by atoms with Gasteiger partial charge in [0, 0.05) is 5.56 Å². The van der Waals surface area contributed by atoms with E-state index in [4.69, 9.17) is 5.11 Å². The van der Waals surface area contributed by atoms with Gasteiger partial charge >= 0.3 is 5.97 Å². The quantitative estimate of drug-likeness (QED) is 0.755. The standard InChI is InChI=1S/C16H19N3O4S/c1-2-3-9-14(16(20)21)19-24(22,23)13-10-17-15(18-11-13)12-7-5-4-6-8-12/h4-8,10-11,14,19H,2-3,9H2,1H3,(H,20,21)/t14-/m0/s1. The number of carboxylic acid groups (broad SMARTS) is 1. The molecule has 2 N–H and O–H groups in total. The van der Waals surface area contributed by atoms with Crippen molar-refractivity contribution in [1.82, 2.24) is 14.7 Å². The third-order valence-electron chi connectivity index (χ3n) is 3.41. The molecule has 1 atom stereocenters. The van der Waals surface area contributed by atoms with Gasteiger partial charge in [-0.05, 0) is 6.42 Å². The van der Waals surface area contributed by atoms with Crippen LogP contribution in [0.3, 0.4) is 0 Å². The summed E-state index contributed by atoms with van der Waals surface area (Å²) in [6, 6.07) is 7.98. The first-order valence-corrected chi connectivity index (χ1v) is 9.05. The van der Waals surface area contributed by atoms with Crippen LogP contribution in [0.15, 0.2) is 47.6 Å². The summed E-state index contributed by atoms with van der Waals surface area (Å²) in [4.78, 5) is 19.1. The van der Waals surface area contributed by atoms with Crippen LogP contribution in [0.4, 0.5) is 0 Å². The van der Waals surface area contributed by atoms with Crippen molar-refractivity contribution in [3.05, 3.63) is 42.7 Å². The molecule has 0 fully saturated rings. The average molecular weight is 349 g/mol. The van der Waals surface area contributed by atoms with Gasteiger partial charge in [0.1, 0.15) is 10.9 Å². The number of carbonyl (C=O) groups is 1. The molecule has 0 amide bonds. The Morgan fingerprint density at radius 3 is 2.38 bits per heavy atom. The van der Waals surface area contributed by atoms with E-state index in [0.717, 1.165) is 12.0 Å². The number of carboxylic acids is 1. The second-order valence-electron chi connectivity index (χ2n) is 5.26. The lowest BCUT2D eigenvalue weighted by atomic mass is 10.1. The van der Waals surface area contributed by atoms with Gasteiger partial charge in [-0.3, -0.25) is 4.79 Å². The van der Waals surface area contributed by atoms with Crippen molar-refractivity contribution in [2.75, 3.05) is 0 Å². The van der Waals surface area contributed by atoms with E-state index in [1.807, 2.05) is 37.3 Å². The molecule has 2 aromatic rings. The van der Waals surface area contributed by atoms with Crippen molar-refractivity contribution >= 4 is 16.0 Å². The highest BCUT2D eigenvalue weighted by atomic mass is 32.2. The number of unbranched alkanes of at least 4 members (excludes halogenated alkanes) is 1.